The lowest BCUT2D eigenvalue weighted by Crippen LogP contribution is -2.72. The van der Waals surface area contributed by atoms with E-state index in [-0.39, 0.29) is 5.41 Å². The fourth-order valence-corrected chi connectivity index (χ4v) is 15.4. The van der Waals surface area contributed by atoms with Crippen LogP contribution in [-0.4, -0.2) is 8.07 Å². The van der Waals surface area contributed by atoms with Gasteiger partial charge in [-0.15, -0.1) is 0 Å². The maximum atomic E-state index is 2.53. The third kappa shape index (κ3) is 4.94. The van der Waals surface area contributed by atoms with Crippen LogP contribution < -0.4 is 25.6 Å². The van der Waals surface area contributed by atoms with E-state index in [1.54, 1.807) is 0 Å². The van der Waals surface area contributed by atoms with Crippen molar-refractivity contribution in [1.82, 2.24) is 0 Å². The lowest BCUT2D eigenvalue weighted by Gasteiger charge is -2.32. The van der Waals surface area contributed by atoms with Gasteiger partial charge in [-0.05, 0) is 101 Å². The van der Waals surface area contributed by atoms with Gasteiger partial charge in [0, 0.05) is 22.4 Å². The average Bonchev–Trinajstić information content (AvgIpc) is 3.71. The van der Waals surface area contributed by atoms with Crippen molar-refractivity contribution in [3.8, 4) is 33.4 Å². The number of rotatable bonds is 6. The molecule has 0 unspecified atom stereocenters. The van der Waals surface area contributed by atoms with E-state index >= 15 is 0 Å². The molecule has 2 aliphatic rings. The van der Waals surface area contributed by atoms with Crippen molar-refractivity contribution >= 4 is 56.7 Å². The van der Waals surface area contributed by atoms with Crippen molar-refractivity contribution in [2.75, 3.05) is 4.90 Å². The van der Waals surface area contributed by atoms with Gasteiger partial charge < -0.3 is 4.90 Å². The zero-order valence-electron chi connectivity index (χ0n) is 32.2. The Bertz CT molecular complexity index is 2930. The van der Waals surface area contributed by atoms with Crippen molar-refractivity contribution in [2.45, 2.75) is 19.3 Å². The number of fused-ring (bicyclic) bond motifs is 8. The molecule has 9 aromatic rings. The van der Waals surface area contributed by atoms with Crippen LogP contribution >= 0.6 is 0 Å². The van der Waals surface area contributed by atoms with E-state index in [9.17, 15) is 0 Å². The van der Waals surface area contributed by atoms with Crippen molar-refractivity contribution in [2.24, 2.45) is 0 Å². The zero-order chi connectivity index (χ0) is 38.1. The van der Waals surface area contributed by atoms with Crippen molar-refractivity contribution in [3.05, 3.63) is 223 Å². The summed E-state index contributed by atoms with van der Waals surface area (Å²) in [5.41, 5.74) is 13.9. The highest BCUT2D eigenvalue weighted by Gasteiger charge is 2.49. The maximum Gasteiger partial charge on any atom is 0.180 e. The molecule has 0 N–H and O–H groups in total. The third-order valence-corrected chi connectivity index (χ3v) is 17.6. The number of anilines is 3. The van der Waals surface area contributed by atoms with Crippen LogP contribution in [0.15, 0.2) is 212 Å². The number of nitrogens with zero attached hydrogens (tertiary/aromatic N) is 1. The van der Waals surface area contributed by atoms with Crippen molar-refractivity contribution in [1.29, 1.82) is 0 Å². The average molecular weight is 744 g/mol. The molecule has 2 heteroatoms. The Kier molecular flexibility index (Phi) is 7.61. The summed E-state index contributed by atoms with van der Waals surface area (Å²) < 4.78 is 0. The van der Waals surface area contributed by atoms with Crippen LogP contribution in [0.25, 0.3) is 44.2 Å². The Morgan fingerprint density at radius 3 is 1.74 bits per heavy atom. The predicted octanol–water partition coefficient (Wildman–Crippen LogP) is 11.6. The molecule has 0 fully saturated rings. The molecule has 1 heterocycles. The number of hydrogen-bond acceptors (Lipinski definition) is 1. The summed E-state index contributed by atoms with van der Waals surface area (Å²) in [7, 11) is -2.69. The molecule has 1 aliphatic carbocycles. The van der Waals surface area contributed by atoms with Crippen LogP contribution in [0.4, 0.5) is 17.1 Å². The topological polar surface area (TPSA) is 3.24 Å². The molecular weight excluding hydrogens is 703 g/mol. The van der Waals surface area contributed by atoms with Gasteiger partial charge in [-0.3, -0.25) is 0 Å². The van der Waals surface area contributed by atoms with Crippen molar-refractivity contribution < 1.29 is 0 Å². The molecule has 0 saturated heterocycles. The summed E-state index contributed by atoms with van der Waals surface area (Å²) in [4.78, 5) is 2.53. The highest BCUT2D eigenvalue weighted by molar-refractivity contribution is 7.22. The van der Waals surface area contributed by atoms with E-state index in [1.165, 1.54) is 81.7 Å². The van der Waals surface area contributed by atoms with Gasteiger partial charge in [0.2, 0.25) is 0 Å². The van der Waals surface area contributed by atoms with E-state index in [0.717, 1.165) is 11.4 Å². The number of benzene rings is 9. The normalized spacial score (nSPS) is 14.1. The molecule has 1 nitrogen and oxygen atoms in total. The highest BCUT2D eigenvalue weighted by atomic mass is 28.3. The highest BCUT2D eigenvalue weighted by Crippen LogP contribution is 2.53. The first-order valence-electron chi connectivity index (χ1n) is 20.0. The molecule has 0 saturated carbocycles. The van der Waals surface area contributed by atoms with E-state index in [0.29, 0.717) is 0 Å². The number of hydrogen-bond donors (Lipinski definition) is 0. The molecule has 0 atom stereocenters. The summed E-state index contributed by atoms with van der Waals surface area (Å²) in [5.74, 6) is 0. The third-order valence-electron chi connectivity index (χ3n) is 12.7. The van der Waals surface area contributed by atoms with Crippen LogP contribution in [0, 0.1) is 0 Å². The lowest BCUT2D eigenvalue weighted by atomic mass is 9.82. The molecule has 0 amide bonds. The Labute approximate surface area is 336 Å². The van der Waals surface area contributed by atoms with Gasteiger partial charge in [0.15, 0.2) is 8.07 Å². The second kappa shape index (κ2) is 12.9. The Hall–Kier alpha value is -6.74. The van der Waals surface area contributed by atoms with Crippen LogP contribution in [0.2, 0.25) is 0 Å². The largest absolute Gasteiger partial charge is 0.310 e. The molecule has 0 spiro atoms. The molecular formula is C55H41NSi. The van der Waals surface area contributed by atoms with Gasteiger partial charge in [-0.1, -0.05) is 196 Å². The fourth-order valence-electron chi connectivity index (χ4n) is 10.2. The Balaban J connectivity index is 1.18. The van der Waals surface area contributed by atoms with Crippen LogP contribution in [0.3, 0.4) is 0 Å². The van der Waals surface area contributed by atoms with Crippen LogP contribution in [-0.2, 0) is 5.41 Å². The van der Waals surface area contributed by atoms with E-state index in [1.807, 2.05) is 0 Å². The van der Waals surface area contributed by atoms with Gasteiger partial charge >= 0.3 is 0 Å². The minimum Gasteiger partial charge on any atom is -0.310 e. The minimum atomic E-state index is -2.69. The first-order chi connectivity index (χ1) is 28.0. The van der Waals surface area contributed by atoms with Gasteiger partial charge in [-0.2, -0.15) is 0 Å². The van der Waals surface area contributed by atoms with Gasteiger partial charge in [0.25, 0.3) is 0 Å². The minimum absolute atomic E-state index is 0.165. The van der Waals surface area contributed by atoms with Crippen LogP contribution in [0.1, 0.15) is 25.0 Å². The summed E-state index contributed by atoms with van der Waals surface area (Å²) in [6.07, 6.45) is 0. The molecule has 11 rings (SSSR count). The van der Waals surface area contributed by atoms with E-state index in [2.05, 4.69) is 231 Å². The molecule has 57 heavy (non-hydrogen) atoms. The van der Waals surface area contributed by atoms with Gasteiger partial charge in [-0.25, -0.2) is 0 Å². The fraction of sp³-hybridized carbons (Fsp3) is 0.0545. The molecule has 0 radical (unpaired) electrons. The smallest absolute Gasteiger partial charge is 0.180 e. The van der Waals surface area contributed by atoms with Crippen LogP contribution in [0.5, 0.6) is 0 Å². The van der Waals surface area contributed by atoms with Crippen molar-refractivity contribution in [3.63, 3.8) is 0 Å². The quantitative estimate of drug-likeness (QED) is 0.153. The van der Waals surface area contributed by atoms with Gasteiger partial charge in [0.1, 0.15) is 0 Å². The van der Waals surface area contributed by atoms with E-state index in [4.69, 9.17) is 0 Å². The Morgan fingerprint density at radius 1 is 0.404 bits per heavy atom. The molecule has 0 bridgehead atoms. The predicted molar refractivity (Wildman–Crippen MR) is 244 cm³/mol. The summed E-state index contributed by atoms with van der Waals surface area (Å²) in [6, 6.07) is 79.5. The standard InChI is InChI=1S/C55H41NSi/c1-55(2)48-36-31-40-19-12-13-24-45(40)53(48)46-35-34-42(37-49(46)55)56(41-32-29-39(30-33-41)38-17-6-3-7-18-38)50-26-16-28-52-54(50)47-25-14-15-27-51(47)57(52,43-20-8-4-9-21-43)44-22-10-5-11-23-44/h3-37H,1-2H3. The zero-order valence-corrected chi connectivity index (χ0v) is 33.2. The maximum absolute atomic E-state index is 2.69. The first-order valence-corrected chi connectivity index (χ1v) is 22.0. The summed E-state index contributed by atoms with van der Waals surface area (Å²) >= 11 is 0. The summed E-state index contributed by atoms with van der Waals surface area (Å²) in [5, 5.41) is 8.30. The SMILES string of the molecule is CC1(C)c2cc(N(c3ccc(-c4ccccc4)cc3)c3cccc4c3-c3ccccc3[Si]4(c3ccccc3)c3ccccc3)ccc2-c2c1ccc1ccccc21. The lowest BCUT2D eigenvalue weighted by molar-refractivity contribution is 0.661. The van der Waals surface area contributed by atoms with E-state index < -0.39 is 8.07 Å². The first kappa shape index (κ1) is 33.6. The molecule has 9 aromatic carbocycles. The second-order valence-corrected chi connectivity index (χ2v) is 19.8. The summed E-state index contributed by atoms with van der Waals surface area (Å²) in [6.45, 7) is 4.79. The molecule has 0 aromatic heterocycles. The van der Waals surface area contributed by atoms with Gasteiger partial charge in [0.05, 0.1) is 5.69 Å². The Morgan fingerprint density at radius 2 is 1.00 bits per heavy atom. The molecule has 270 valence electrons. The monoisotopic (exact) mass is 743 g/mol. The molecule has 1 aliphatic heterocycles. The second-order valence-electron chi connectivity index (χ2n) is 16.0.